The van der Waals surface area contributed by atoms with Crippen LogP contribution in [-0.4, -0.2) is 80.7 Å². The normalized spacial score (nSPS) is 23.1. The van der Waals surface area contributed by atoms with Gasteiger partial charge in [0.15, 0.2) is 28.7 Å². The monoisotopic (exact) mass is 1140 g/mol. The van der Waals surface area contributed by atoms with Gasteiger partial charge in [-0.3, -0.25) is 9.97 Å². The van der Waals surface area contributed by atoms with Crippen molar-refractivity contribution in [1.82, 2.24) is 39.0 Å². The molecule has 0 spiro atoms. The van der Waals surface area contributed by atoms with Crippen LogP contribution in [0.3, 0.4) is 0 Å². The molecule has 2 saturated carbocycles. The summed E-state index contributed by atoms with van der Waals surface area (Å²) in [5.41, 5.74) is 10.6. The van der Waals surface area contributed by atoms with Crippen molar-refractivity contribution in [3.05, 3.63) is 196 Å². The van der Waals surface area contributed by atoms with E-state index in [1.807, 2.05) is 88.4 Å². The lowest BCUT2D eigenvalue weighted by Gasteiger charge is -2.24. The van der Waals surface area contributed by atoms with Gasteiger partial charge in [0, 0.05) is 59.1 Å². The van der Waals surface area contributed by atoms with E-state index in [0.29, 0.717) is 32.9 Å². The fraction of sp³-hybridized carbons (Fsp3) is 0.338. The van der Waals surface area contributed by atoms with Gasteiger partial charge in [0.05, 0.1) is 51.1 Å². The van der Waals surface area contributed by atoms with Crippen molar-refractivity contribution in [2.45, 2.75) is 129 Å². The molecule has 4 aliphatic rings. The highest BCUT2D eigenvalue weighted by molar-refractivity contribution is 6.41. The summed E-state index contributed by atoms with van der Waals surface area (Å²) in [4.78, 5) is 32.6. The molecule has 2 aliphatic carbocycles. The van der Waals surface area contributed by atoms with E-state index >= 15 is 0 Å². The number of aromatic nitrogens is 8. The lowest BCUT2D eigenvalue weighted by molar-refractivity contribution is -0.160. The van der Waals surface area contributed by atoms with Crippen molar-refractivity contribution in [2.75, 3.05) is 0 Å². The van der Waals surface area contributed by atoms with Gasteiger partial charge in [0.1, 0.15) is 28.4 Å². The van der Waals surface area contributed by atoms with Crippen molar-refractivity contribution >= 4 is 90.5 Å². The van der Waals surface area contributed by atoms with E-state index in [9.17, 15) is 0 Å². The van der Waals surface area contributed by atoms with Gasteiger partial charge < -0.3 is 28.1 Å². The zero-order valence-corrected chi connectivity index (χ0v) is 46.4. The maximum Gasteiger partial charge on any atom is 0.172 e. The van der Waals surface area contributed by atoms with Gasteiger partial charge in [-0.25, -0.2) is 24.9 Å². The van der Waals surface area contributed by atoms with Crippen molar-refractivity contribution in [2.24, 2.45) is 16.8 Å². The first-order valence-corrected chi connectivity index (χ1v) is 28.2. The minimum atomic E-state index is -0.623. The van der Waals surface area contributed by atoms with Gasteiger partial charge in [-0.05, 0) is 126 Å². The summed E-state index contributed by atoms with van der Waals surface area (Å²) in [6.07, 6.45) is 16.8. The lowest BCUT2D eigenvalue weighted by Crippen LogP contribution is -2.27. The zero-order chi connectivity index (χ0) is 54.0. The Morgan fingerprint density at radius 2 is 0.963 bits per heavy atom. The number of hydrogen-bond donors (Lipinski definition) is 0. The first-order valence-electron chi connectivity index (χ1n) is 27.1. The van der Waals surface area contributed by atoms with Crippen molar-refractivity contribution in [3.8, 4) is 0 Å². The molecule has 10 aromatic rings. The van der Waals surface area contributed by atoms with Gasteiger partial charge in [0.25, 0.3) is 0 Å². The van der Waals surface area contributed by atoms with Crippen LogP contribution in [0.2, 0.25) is 15.2 Å². The Labute approximate surface area is 487 Å². The highest BCUT2D eigenvalue weighted by Crippen LogP contribution is 2.51. The van der Waals surface area contributed by atoms with Crippen molar-refractivity contribution < 1.29 is 18.9 Å². The summed E-state index contributed by atoms with van der Waals surface area (Å²) >= 11 is 19.0. The molecular weight excluding hydrogens is 1080 g/mol. The average Bonchev–Trinajstić information content (AvgIpc) is 4.50. The number of rotatable bonds is 11. The second-order valence-electron chi connectivity index (χ2n) is 22.1. The summed E-state index contributed by atoms with van der Waals surface area (Å²) in [5.74, 6) is -0.00428. The maximum atomic E-state index is 6.77. The lowest BCUT2D eigenvalue weighted by atomic mass is 9.95. The predicted molar refractivity (Wildman–Crippen MR) is 324 cm³/mol. The molecule has 16 heteroatoms. The van der Waals surface area contributed by atoms with Gasteiger partial charge in [-0.2, -0.15) is 0 Å². The molecule has 13 nitrogen and oxygen atoms in total. The van der Waals surface area contributed by atoms with Crippen molar-refractivity contribution in [3.63, 3.8) is 0 Å². The fourth-order valence-electron chi connectivity index (χ4n) is 12.5. The molecule has 8 heterocycles. The van der Waals surface area contributed by atoms with Crippen LogP contribution in [0.4, 0.5) is 5.82 Å². The summed E-state index contributed by atoms with van der Waals surface area (Å²) in [5, 5.41) is 3.32. The average molecular weight is 1140 g/mol. The van der Waals surface area contributed by atoms with Crippen LogP contribution in [0.1, 0.15) is 103 Å². The van der Waals surface area contributed by atoms with E-state index in [1.165, 1.54) is 11.1 Å². The maximum absolute atomic E-state index is 6.77. The number of nitrogens with zero attached hydrogens (tertiary/aromatic N) is 9. The van der Waals surface area contributed by atoms with E-state index in [4.69, 9.17) is 63.7 Å². The SMILES string of the molecule is C.C.CC1(C)O[C@@H]2[C@@H](CCc3ccc4cc(Cl)c(Cl)nc4c3)C[C@@H](n3ccc4nccnc43)[C@@H]2O1.CC1(C)O[C@@H]2[C@@H](CCc3ccc4cc(Cl)c(N=C(c5ccccc5)c5ccccc5)nc4c3)C[C@@H](n3ccc4nccnc43)[C@@H]2O1. The molecule has 8 atom stereocenters. The zero-order valence-electron chi connectivity index (χ0n) is 44.2. The van der Waals surface area contributed by atoms with Crippen LogP contribution < -0.4 is 0 Å². The first kappa shape index (κ1) is 56.2. The summed E-state index contributed by atoms with van der Waals surface area (Å²) < 4.78 is 30.2. The molecule has 81 heavy (non-hydrogen) atoms. The molecule has 0 radical (unpaired) electrons. The van der Waals surface area contributed by atoms with E-state index in [2.05, 4.69) is 107 Å². The van der Waals surface area contributed by atoms with Gasteiger partial charge in [-0.1, -0.05) is 135 Å². The number of fused-ring (bicyclic) bond motifs is 6. The van der Waals surface area contributed by atoms with E-state index in [-0.39, 0.29) is 51.4 Å². The van der Waals surface area contributed by atoms with Gasteiger partial charge in [-0.15, -0.1) is 0 Å². The highest BCUT2D eigenvalue weighted by atomic mass is 35.5. The van der Waals surface area contributed by atoms with Crippen LogP contribution >= 0.6 is 34.8 Å². The fourth-order valence-corrected chi connectivity index (χ4v) is 13.1. The number of pyridine rings is 2. The van der Waals surface area contributed by atoms with Crippen LogP contribution in [0.5, 0.6) is 0 Å². The Balaban J connectivity index is 0.000000175. The molecule has 14 rings (SSSR count). The molecule has 0 N–H and O–H groups in total. The largest absolute Gasteiger partial charge is 0.344 e. The number of aryl methyl sites for hydroxylation is 2. The third-order valence-electron chi connectivity index (χ3n) is 16.0. The Morgan fingerprint density at radius 1 is 0.519 bits per heavy atom. The minimum Gasteiger partial charge on any atom is -0.344 e. The Bertz CT molecular complexity index is 3870. The third kappa shape index (κ3) is 11.3. The molecule has 0 bridgehead atoms. The topological polar surface area (TPSA) is 136 Å². The Kier molecular flexibility index (Phi) is 15.9. The van der Waals surface area contributed by atoms with Crippen molar-refractivity contribution in [1.29, 1.82) is 0 Å². The number of hydrogen-bond acceptors (Lipinski definition) is 11. The van der Waals surface area contributed by atoms with E-state index < -0.39 is 11.6 Å². The third-order valence-corrected chi connectivity index (χ3v) is 17.0. The number of benzene rings is 4. The molecule has 0 amide bonds. The van der Waals surface area contributed by atoms with Crippen LogP contribution in [0, 0.1) is 11.8 Å². The van der Waals surface area contributed by atoms with Crippen LogP contribution in [0.25, 0.3) is 44.1 Å². The smallest absolute Gasteiger partial charge is 0.172 e. The summed E-state index contributed by atoms with van der Waals surface area (Å²) in [6.45, 7) is 8.01. The number of ether oxygens (including phenoxy) is 4. The molecular formula is C65H66Cl3N9O4. The molecule has 2 aliphatic heterocycles. The summed E-state index contributed by atoms with van der Waals surface area (Å²) in [6, 6.07) is 41.2. The number of halogens is 3. The molecule has 0 unspecified atom stereocenters. The second-order valence-corrected chi connectivity index (χ2v) is 23.3. The Hall–Kier alpha value is -6.68. The molecule has 4 aromatic carbocycles. The quantitative estimate of drug-likeness (QED) is 0.0909. The van der Waals surface area contributed by atoms with Crippen LogP contribution in [-0.2, 0) is 31.8 Å². The minimum absolute atomic E-state index is 0. The molecule has 2 saturated heterocycles. The standard InChI is InChI=1S/C38H34ClN5O2.C25H24Cl2N4O2.2CH4/c1-38(2)45-34-28(23-32(35(34)46-38)44-20-17-30-37(44)41-19-18-40-30)16-14-24-13-15-27-22-29(39)36(42-31(27)21-24)43-33(25-9-5-3-6-10-25)26-11-7-4-8-12-26;1-25(2)32-21-16(6-4-14-3-5-15-12-17(26)23(27)30-19(15)11-14)13-20(22(21)33-25)31-10-7-18-24(31)29-9-8-28-18;;/h3-13,15,17-22,28,32,34-35H,14,16,23H2,1-2H3;3,5,7-12,16,20-22H,4,6,13H2,1-2H3;2*1H4/t28-,32+,34+,35-;16-,20+,21+,22-;;/m00../s1. The molecule has 4 fully saturated rings. The predicted octanol–water partition coefficient (Wildman–Crippen LogP) is 15.8. The van der Waals surface area contributed by atoms with E-state index in [1.54, 1.807) is 24.8 Å². The van der Waals surface area contributed by atoms with Crippen LogP contribution in [0.15, 0.2) is 164 Å². The Morgan fingerprint density at radius 3 is 1.46 bits per heavy atom. The number of aliphatic imine (C=N–C) groups is 1. The van der Waals surface area contributed by atoms with E-state index in [0.717, 1.165) is 99.5 Å². The molecule has 6 aromatic heterocycles. The molecule has 416 valence electrons. The first-order chi connectivity index (χ1) is 38.3. The highest BCUT2D eigenvalue weighted by Gasteiger charge is 2.55. The van der Waals surface area contributed by atoms with Gasteiger partial charge in [0.2, 0.25) is 0 Å². The second kappa shape index (κ2) is 22.9. The summed E-state index contributed by atoms with van der Waals surface area (Å²) in [7, 11) is 0. The van der Waals surface area contributed by atoms with Gasteiger partial charge >= 0.3 is 0 Å².